The molecule has 0 aromatic heterocycles. The number of anilines is 2. The number of benzene rings is 1. The molecule has 32 heavy (non-hydrogen) atoms. The van der Waals surface area contributed by atoms with Crippen molar-refractivity contribution in [3.05, 3.63) is 23.8 Å². The third kappa shape index (κ3) is 4.97. The monoisotopic (exact) mass is 439 g/mol. The second kappa shape index (κ2) is 9.18. The summed E-state index contributed by atoms with van der Waals surface area (Å²) < 4.78 is 6.02. The fourth-order valence-corrected chi connectivity index (χ4v) is 6.65. The van der Waals surface area contributed by atoms with Gasteiger partial charge in [0.15, 0.2) is 0 Å². The van der Waals surface area contributed by atoms with Gasteiger partial charge < -0.3 is 14.5 Å². The van der Waals surface area contributed by atoms with Crippen LogP contribution in [0.4, 0.5) is 11.4 Å². The summed E-state index contributed by atoms with van der Waals surface area (Å²) in [5, 5.41) is 0. The summed E-state index contributed by atoms with van der Waals surface area (Å²) >= 11 is 0. The maximum atomic E-state index is 6.02. The van der Waals surface area contributed by atoms with Crippen molar-refractivity contribution in [3.63, 3.8) is 0 Å². The molecule has 2 heterocycles. The van der Waals surface area contributed by atoms with E-state index in [4.69, 9.17) is 4.74 Å². The molecule has 2 saturated carbocycles. The maximum Gasteiger partial charge on any atom is 0.0726 e. The van der Waals surface area contributed by atoms with Crippen LogP contribution in [0.5, 0.6) is 0 Å². The Balaban J connectivity index is 1.37. The quantitative estimate of drug-likeness (QED) is 0.601. The van der Waals surface area contributed by atoms with E-state index in [9.17, 15) is 0 Å². The summed E-state index contributed by atoms with van der Waals surface area (Å²) in [5.74, 6) is 1.49. The zero-order valence-electron chi connectivity index (χ0n) is 21.0. The number of piperazine rings is 1. The van der Waals surface area contributed by atoms with E-state index in [1.807, 2.05) is 0 Å². The molecule has 4 heteroatoms. The van der Waals surface area contributed by atoms with Crippen LogP contribution in [-0.2, 0) is 4.74 Å². The van der Waals surface area contributed by atoms with Crippen molar-refractivity contribution in [2.24, 2.45) is 11.3 Å². The van der Waals surface area contributed by atoms with E-state index in [0.717, 1.165) is 30.3 Å². The lowest BCUT2D eigenvalue weighted by molar-refractivity contribution is -0.00522. The first-order chi connectivity index (χ1) is 15.4. The molecule has 0 N–H and O–H groups in total. The fourth-order valence-electron chi connectivity index (χ4n) is 6.65. The lowest BCUT2D eigenvalue weighted by Crippen LogP contribution is -2.48. The van der Waals surface area contributed by atoms with Gasteiger partial charge in [0, 0.05) is 57.2 Å². The van der Waals surface area contributed by atoms with E-state index >= 15 is 0 Å². The van der Waals surface area contributed by atoms with Gasteiger partial charge in [-0.25, -0.2) is 0 Å². The highest BCUT2D eigenvalue weighted by atomic mass is 16.5. The van der Waals surface area contributed by atoms with Crippen LogP contribution in [0.1, 0.15) is 77.7 Å². The standard InChI is InChI=1S/C28H45N3O/c1-21(2)18-29-13-15-30(16-14-29)27-6-5-25(31-19-22(3)32-23(4)20-31)17-26(27)24-7-9-28(10-8-24)11-12-28/h5-6,17,21-24H,7-16,18-20H2,1-4H3. The first-order valence-electron chi connectivity index (χ1n) is 13.4. The minimum Gasteiger partial charge on any atom is -0.372 e. The minimum atomic E-state index is 0.306. The molecule has 0 amide bonds. The fraction of sp³-hybridized carbons (Fsp3) is 0.786. The molecule has 4 fully saturated rings. The second-order valence-corrected chi connectivity index (χ2v) is 11.9. The number of hydrogen-bond donors (Lipinski definition) is 0. The number of hydrogen-bond acceptors (Lipinski definition) is 4. The van der Waals surface area contributed by atoms with Crippen LogP contribution in [0.3, 0.4) is 0 Å². The number of nitrogens with zero attached hydrogens (tertiary/aromatic N) is 3. The number of rotatable bonds is 5. The average Bonchev–Trinajstić information content (AvgIpc) is 3.52. The molecular weight excluding hydrogens is 394 g/mol. The summed E-state index contributed by atoms with van der Waals surface area (Å²) in [4.78, 5) is 7.92. The molecule has 2 unspecified atom stereocenters. The van der Waals surface area contributed by atoms with Crippen LogP contribution >= 0.6 is 0 Å². The smallest absolute Gasteiger partial charge is 0.0726 e. The SMILES string of the molecule is CC(C)CN1CCN(c2ccc(N3CC(C)OC(C)C3)cc2C2CCC3(CC2)CC3)CC1. The van der Waals surface area contributed by atoms with E-state index in [0.29, 0.717) is 12.2 Å². The van der Waals surface area contributed by atoms with E-state index < -0.39 is 0 Å². The summed E-state index contributed by atoms with van der Waals surface area (Å²) in [7, 11) is 0. The van der Waals surface area contributed by atoms with Gasteiger partial charge >= 0.3 is 0 Å². The zero-order chi connectivity index (χ0) is 22.3. The van der Waals surface area contributed by atoms with Crippen LogP contribution < -0.4 is 9.80 Å². The third-order valence-electron chi connectivity index (χ3n) is 8.58. The van der Waals surface area contributed by atoms with Gasteiger partial charge in [0.2, 0.25) is 0 Å². The van der Waals surface area contributed by atoms with Crippen molar-refractivity contribution >= 4 is 11.4 Å². The van der Waals surface area contributed by atoms with Crippen LogP contribution in [0.25, 0.3) is 0 Å². The van der Waals surface area contributed by atoms with Gasteiger partial charge in [-0.1, -0.05) is 13.8 Å². The van der Waals surface area contributed by atoms with Gasteiger partial charge in [-0.15, -0.1) is 0 Å². The normalized spacial score (nSPS) is 29.2. The lowest BCUT2D eigenvalue weighted by atomic mass is 9.76. The van der Waals surface area contributed by atoms with E-state index in [-0.39, 0.29) is 0 Å². The molecule has 1 aromatic carbocycles. The van der Waals surface area contributed by atoms with Gasteiger partial charge in [0.05, 0.1) is 12.2 Å². The molecular formula is C28H45N3O. The average molecular weight is 440 g/mol. The van der Waals surface area contributed by atoms with Crippen LogP contribution in [-0.4, -0.2) is 62.9 Å². The molecule has 4 nitrogen and oxygen atoms in total. The van der Waals surface area contributed by atoms with Gasteiger partial charge in [-0.05, 0) is 93.4 Å². The first kappa shape index (κ1) is 22.5. The molecule has 2 aliphatic carbocycles. The molecule has 2 saturated heterocycles. The Morgan fingerprint density at radius 1 is 0.906 bits per heavy atom. The second-order valence-electron chi connectivity index (χ2n) is 11.9. The van der Waals surface area contributed by atoms with Crippen LogP contribution in [0.15, 0.2) is 18.2 Å². The van der Waals surface area contributed by atoms with Gasteiger partial charge in [-0.3, -0.25) is 4.90 Å². The number of morpholine rings is 1. The molecule has 2 aliphatic heterocycles. The Kier molecular flexibility index (Phi) is 6.46. The van der Waals surface area contributed by atoms with E-state index in [1.54, 1.807) is 5.56 Å². The highest BCUT2D eigenvalue weighted by Crippen LogP contribution is 2.59. The predicted molar refractivity (Wildman–Crippen MR) is 135 cm³/mol. The Morgan fingerprint density at radius 2 is 1.56 bits per heavy atom. The summed E-state index contributed by atoms with van der Waals surface area (Å²) in [6.07, 6.45) is 9.28. The van der Waals surface area contributed by atoms with Crippen molar-refractivity contribution in [1.82, 2.24) is 4.90 Å². The molecule has 0 radical (unpaired) electrons. The molecule has 1 spiro atoms. The van der Waals surface area contributed by atoms with E-state index in [1.165, 1.54) is 82.6 Å². The summed E-state index contributed by atoms with van der Waals surface area (Å²) in [5.41, 5.74) is 5.34. The van der Waals surface area contributed by atoms with Crippen molar-refractivity contribution in [1.29, 1.82) is 0 Å². The minimum absolute atomic E-state index is 0.306. The molecule has 5 rings (SSSR count). The van der Waals surface area contributed by atoms with Crippen molar-refractivity contribution in [2.75, 3.05) is 55.6 Å². The van der Waals surface area contributed by atoms with Gasteiger partial charge in [0.25, 0.3) is 0 Å². The summed E-state index contributed by atoms with van der Waals surface area (Å²) in [6.45, 7) is 17.1. The Morgan fingerprint density at radius 3 is 2.16 bits per heavy atom. The van der Waals surface area contributed by atoms with Crippen molar-refractivity contribution in [3.8, 4) is 0 Å². The Hall–Kier alpha value is -1.26. The Bertz CT molecular complexity index is 761. The molecule has 0 bridgehead atoms. The highest BCUT2D eigenvalue weighted by molar-refractivity contribution is 5.64. The third-order valence-corrected chi connectivity index (χ3v) is 8.58. The molecule has 4 aliphatic rings. The van der Waals surface area contributed by atoms with Crippen molar-refractivity contribution in [2.45, 2.75) is 84.3 Å². The topological polar surface area (TPSA) is 19.0 Å². The molecule has 1 aromatic rings. The van der Waals surface area contributed by atoms with Gasteiger partial charge in [0.1, 0.15) is 0 Å². The number of ether oxygens (including phenoxy) is 1. The van der Waals surface area contributed by atoms with Gasteiger partial charge in [-0.2, -0.15) is 0 Å². The maximum absolute atomic E-state index is 6.02. The Labute approximate surface area is 196 Å². The summed E-state index contributed by atoms with van der Waals surface area (Å²) in [6, 6.07) is 7.44. The van der Waals surface area contributed by atoms with Crippen LogP contribution in [0, 0.1) is 11.3 Å². The van der Waals surface area contributed by atoms with Crippen molar-refractivity contribution < 1.29 is 4.74 Å². The lowest BCUT2D eigenvalue weighted by Gasteiger charge is -2.41. The predicted octanol–water partition coefficient (Wildman–Crippen LogP) is 5.52. The highest BCUT2D eigenvalue weighted by Gasteiger charge is 2.45. The van der Waals surface area contributed by atoms with E-state index in [2.05, 4.69) is 60.6 Å². The molecule has 178 valence electrons. The molecule has 2 atom stereocenters. The first-order valence-corrected chi connectivity index (χ1v) is 13.4. The zero-order valence-corrected chi connectivity index (χ0v) is 21.0. The largest absolute Gasteiger partial charge is 0.372 e. The van der Waals surface area contributed by atoms with Crippen LogP contribution in [0.2, 0.25) is 0 Å².